The molecule has 1 aromatic heterocycles. The molecule has 1 N–H and O–H groups in total. The van der Waals surface area contributed by atoms with Crippen molar-refractivity contribution in [3.8, 4) is 0 Å². The van der Waals surface area contributed by atoms with Gasteiger partial charge in [-0.15, -0.1) is 11.3 Å². The highest BCUT2D eigenvalue weighted by Gasteiger charge is 2.18. The first-order valence-electron chi connectivity index (χ1n) is 5.15. The summed E-state index contributed by atoms with van der Waals surface area (Å²) in [5.41, 5.74) is 1.20. The molecule has 1 fully saturated rings. The van der Waals surface area contributed by atoms with Crippen molar-refractivity contribution in [1.29, 1.82) is 0 Å². The number of aromatic nitrogens is 1. The number of thiazole rings is 1. The second-order valence-electron chi connectivity index (χ2n) is 3.45. The van der Waals surface area contributed by atoms with Gasteiger partial charge in [0.2, 0.25) is 0 Å². The minimum atomic E-state index is 0.488. The molecule has 1 aromatic rings. The van der Waals surface area contributed by atoms with Crippen LogP contribution in [-0.4, -0.2) is 18.1 Å². The average molecular weight is 212 g/mol. The van der Waals surface area contributed by atoms with Crippen molar-refractivity contribution in [2.75, 3.05) is 13.2 Å². The molecule has 0 radical (unpaired) electrons. The third-order valence-electron chi connectivity index (χ3n) is 2.42. The van der Waals surface area contributed by atoms with Gasteiger partial charge in [0, 0.05) is 12.0 Å². The Morgan fingerprint density at radius 1 is 1.71 bits per heavy atom. The molecule has 0 saturated carbocycles. The monoisotopic (exact) mass is 212 g/mol. The van der Waals surface area contributed by atoms with Crippen LogP contribution >= 0.6 is 11.3 Å². The molecule has 3 nitrogen and oxygen atoms in total. The molecule has 1 atom stereocenters. The van der Waals surface area contributed by atoms with E-state index < -0.39 is 0 Å². The molecule has 1 aliphatic heterocycles. The molecular weight excluding hydrogens is 196 g/mol. The summed E-state index contributed by atoms with van der Waals surface area (Å²) in [7, 11) is 0. The molecule has 0 bridgehead atoms. The molecule has 14 heavy (non-hydrogen) atoms. The molecule has 4 heteroatoms. The van der Waals surface area contributed by atoms with E-state index in [9.17, 15) is 0 Å². The lowest BCUT2D eigenvalue weighted by atomic mass is 10.2. The number of rotatable bonds is 4. The zero-order valence-corrected chi connectivity index (χ0v) is 9.27. The second-order valence-corrected chi connectivity index (χ2v) is 4.39. The fourth-order valence-corrected chi connectivity index (χ4v) is 2.46. The molecule has 2 heterocycles. The molecule has 1 aliphatic rings. The highest BCUT2D eigenvalue weighted by atomic mass is 32.1. The Hall–Kier alpha value is -0.450. The zero-order chi connectivity index (χ0) is 9.80. The fraction of sp³-hybridized carbons (Fsp3) is 0.700. The van der Waals surface area contributed by atoms with Crippen molar-refractivity contribution in [2.45, 2.75) is 32.4 Å². The van der Waals surface area contributed by atoms with E-state index in [1.807, 2.05) is 6.92 Å². The van der Waals surface area contributed by atoms with Crippen LogP contribution < -0.4 is 5.32 Å². The molecule has 0 spiro atoms. The van der Waals surface area contributed by atoms with E-state index in [1.165, 1.54) is 18.5 Å². The predicted molar refractivity (Wildman–Crippen MR) is 57.4 cm³/mol. The first-order chi connectivity index (χ1) is 6.90. The summed E-state index contributed by atoms with van der Waals surface area (Å²) < 4.78 is 5.32. The van der Waals surface area contributed by atoms with Gasteiger partial charge >= 0.3 is 0 Å². The Labute approximate surface area is 88.5 Å². The number of nitrogens with zero attached hydrogens (tertiary/aromatic N) is 1. The van der Waals surface area contributed by atoms with Crippen molar-refractivity contribution < 1.29 is 4.74 Å². The van der Waals surface area contributed by atoms with Crippen LogP contribution in [0.15, 0.2) is 5.38 Å². The van der Waals surface area contributed by atoms with Crippen molar-refractivity contribution in [3.63, 3.8) is 0 Å². The largest absolute Gasteiger partial charge is 0.375 e. The summed E-state index contributed by atoms with van der Waals surface area (Å²) in [6.07, 6.45) is 2.49. The minimum Gasteiger partial charge on any atom is -0.375 e. The van der Waals surface area contributed by atoms with Crippen LogP contribution in [0.25, 0.3) is 0 Å². The van der Waals surface area contributed by atoms with Gasteiger partial charge < -0.3 is 10.1 Å². The standard InChI is InChI=1S/C10H16N2OS/c1-2-13-6-10-12-9(7-14-10)8-4-3-5-11-8/h7-8,11H,2-6H2,1H3. The van der Waals surface area contributed by atoms with Crippen molar-refractivity contribution >= 4 is 11.3 Å². The normalized spacial score (nSPS) is 21.6. The van der Waals surface area contributed by atoms with Gasteiger partial charge in [0.05, 0.1) is 18.3 Å². The maximum atomic E-state index is 5.32. The lowest BCUT2D eigenvalue weighted by Crippen LogP contribution is -2.13. The van der Waals surface area contributed by atoms with Gasteiger partial charge in [-0.3, -0.25) is 0 Å². The molecule has 0 aromatic carbocycles. The molecule has 2 rings (SSSR count). The fourth-order valence-electron chi connectivity index (χ4n) is 1.68. The van der Waals surface area contributed by atoms with E-state index in [0.29, 0.717) is 12.6 Å². The lowest BCUT2D eigenvalue weighted by Gasteiger charge is -2.04. The summed E-state index contributed by atoms with van der Waals surface area (Å²) in [4.78, 5) is 4.56. The van der Waals surface area contributed by atoms with Crippen LogP contribution in [0, 0.1) is 0 Å². The van der Waals surface area contributed by atoms with Crippen LogP contribution in [0.3, 0.4) is 0 Å². The van der Waals surface area contributed by atoms with Gasteiger partial charge in [-0.2, -0.15) is 0 Å². The summed E-state index contributed by atoms with van der Waals surface area (Å²) >= 11 is 1.70. The van der Waals surface area contributed by atoms with Crippen molar-refractivity contribution in [2.24, 2.45) is 0 Å². The van der Waals surface area contributed by atoms with Gasteiger partial charge in [0.15, 0.2) is 0 Å². The average Bonchev–Trinajstić information content (AvgIpc) is 2.85. The zero-order valence-electron chi connectivity index (χ0n) is 8.45. The Bertz CT molecular complexity index is 281. The SMILES string of the molecule is CCOCc1nc(C2CCCN2)cs1. The van der Waals surface area contributed by atoms with Gasteiger partial charge in [-0.25, -0.2) is 4.98 Å². The lowest BCUT2D eigenvalue weighted by molar-refractivity contribution is 0.133. The topological polar surface area (TPSA) is 34.1 Å². The van der Waals surface area contributed by atoms with E-state index >= 15 is 0 Å². The van der Waals surface area contributed by atoms with E-state index in [2.05, 4.69) is 15.7 Å². The molecule has 78 valence electrons. The quantitative estimate of drug-likeness (QED) is 0.830. The minimum absolute atomic E-state index is 0.488. The molecule has 1 unspecified atom stereocenters. The number of hydrogen-bond acceptors (Lipinski definition) is 4. The van der Waals surface area contributed by atoms with Gasteiger partial charge in [-0.1, -0.05) is 0 Å². The Kier molecular flexibility index (Phi) is 3.50. The van der Waals surface area contributed by atoms with Crippen LogP contribution in [0.4, 0.5) is 0 Å². The van der Waals surface area contributed by atoms with Crippen LogP contribution in [0.2, 0.25) is 0 Å². The van der Waals surface area contributed by atoms with Gasteiger partial charge in [0.25, 0.3) is 0 Å². The van der Waals surface area contributed by atoms with Gasteiger partial charge in [-0.05, 0) is 26.3 Å². The molecule has 0 aliphatic carbocycles. The highest BCUT2D eigenvalue weighted by molar-refractivity contribution is 7.09. The van der Waals surface area contributed by atoms with Crippen LogP contribution in [-0.2, 0) is 11.3 Å². The van der Waals surface area contributed by atoms with Gasteiger partial charge in [0.1, 0.15) is 5.01 Å². The van der Waals surface area contributed by atoms with E-state index in [0.717, 1.165) is 18.2 Å². The predicted octanol–water partition coefficient (Wildman–Crippen LogP) is 2.10. The number of nitrogens with one attached hydrogen (secondary N) is 1. The second kappa shape index (κ2) is 4.87. The first kappa shape index (κ1) is 10.1. The van der Waals surface area contributed by atoms with Crippen molar-refractivity contribution in [1.82, 2.24) is 10.3 Å². The van der Waals surface area contributed by atoms with Crippen LogP contribution in [0.1, 0.15) is 36.5 Å². The highest BCUT2D eigenvalue weighted by Crippen LogP contribution is 2.24. The number of hydrogen-bond donors (Lipinski definition) is 1. The Morgan fingerprint density at radius 2 is 2.64 bits per heavy atom. The van der Waals surface area contributed by atoms with E-state index in [4.69, 9.17) is 4.74 Å². The summed E-state index contributed by atoms with van der Waals surface area (Å²) in [5, 5.41) is 6.69. The maximum absolute atomic E-state index is 5.32. The maximum Gasteiger partial charge on any atom is 0.119 e. The number of ether oxygens (including phenoxy) is 1. The van der Waals surface area contributed by atoms with E-state index in [-0.39, 0.29) is 0 Å². The smallest absolute Gasteiger partial charge is 0.119 e. The van der Waals surface area contributed by atoms with Crippen molar-refractivity contribution in [3.05, 3.63) is 16.1 Å². The molecule has 0 amide bonds. The molecule has 1 saturated heterocycles. The summed E-state index contributed by atoms with van der Waals surface area (Å²) in [6, 6.07) is 0.488. The van der Waals surface area contributed by atoms with E-state index in [1.54, 1.807) is 11.3 Å². The summed E-state index contributed by atoms with van der Waals surface area (Å²) in [5.74, 6) is 0. The third kappa shape index (κ3) is 2.32. The summed E-state index contributed by atoms with van der Waals surface area (Å²) in [6.45, 7) is 4.56. The Balaban J connectivity index is 1.94. The first-order valence-corrected chi connectivity index (χ1v) is 6.03. The third-order valence-corrected chi connectivity index (χ3v) is 3.26. The molecular formula is C10H16N2OS. The Morgan fingerprint density at radius 3 is 3.36 bits per heavy atom. The van der Waals surface area contributed by atoms with Crippen LogP contribution in [0.5, 0.6) is 0 Å².